The van der Waals surface area contributed by atoms with E-state index in [1.165, 1.54) is 0 Å². The van der Waals surface area contributed by atoms with E-state index in [2.05, 4.69) is 10.3 Å². The summed E-state index contributed by atoms with van der Waals surface area (Å²) in [7, 11) is 0. The SMILES string of the molecule is Cc1ccc2cc(C(=O)Nc3ccc4[nH]c(=O)oc4c3)oc2c1. The first-order valence-electron chi connectivity index (χ1n) is 7.03. The van der Waals surface area contributed by atoms with E-state index >= 15 is 0 Å². The Hall–Kier alpha value is -3.28. The number of aromatic amines is 1. The Kier molecular flexibility index (Phi) is 2.84. The number of rotatable bonds is 2. The van der Waals surface area contributed by atoms with Gasteiger partial charge in [-0.25, -0.2) is 4.79 Å². The van der Waals surface area contributed by atoms with Crippen LogP contribution in [-0.4, -0.2) is 10.9 Å². The summed E-state index contributed by atoms with van der Waals surface area (Å²) in [5, 5.41) is 3.59. The molecule has 0 bridgehead atoms. The van der Waals surface area contributed by atoms with Gasteiger partial charge in [-0.3, -0.25) is 9.78 Å². The van der Waals surface area contributed by atoms with E-state index in [9.17, 15) is 9.59 Å². The van der Waals surface area contributed by atoms with Crippen LogP contribution in [0.25, 0.3) is 22.1 Å². The summed E-state index contributed by atoms with van der Waals surface area (Å²) in [4.78, 5) is 26.0. The highest BCUT2D eigenvalue weighted by Gasteiger charge is 2.13. The van der Waals surface area contributed by atoms with Gasteiger partial charge in [-0.2, -0.15) is 0 Å². The van der Waals surface area contributed by atoms with Gasteiger partial charge in [0, 0.05) is 17.1 Å². The predicted octanol–water partition coefficient (Wildman–Crippen LogP) is 3.43. The van der Waals surface area contributed by atoms with Crippen LogP contribution in [0.4, 0.5) is 5.69 Å². The molecule has 0 aliphatic carbocycles. The molecule has 0 aliphatic rings. The maximum absolute atomic E-state index is 12.3. The molecule has 0 spiro atoms. The molecular formula is C17H12N2O4. The first-order valence-corrected chi connectivity index (χ1v) is 7.03. The van der Waals surface area contributed by atoms with Gasteiger partial charge in [0.15, 0.2) is 11.3 Å². The zero-order valence-electron chi connectivity index (χ0n) is 12.2. The van der Waals surface area contributed by atoms with Crippen molar-refractivity contribution < 1.29 is 13.6 Å². The molecule has 4 rings (SSSR count). The lowest BCUT2D eigenvalue weighted by atomic mass is 10.2. The number of aromatic nitrogens is 1. The van der Waals surface area contributed by atoms with Crippen LogP contribution in [0.15, 0.2) is 56.1 Å². The van der Waals surface area contributed by atoms with Crippen molar-refractivity contribution in [1.82, 2.24) is 4.98 Å². The van der Waals surface area contributed by atoms with Gasteiger partial charge < -0.3 is 14.2 Å². The van der Waals surface area contributed by atoms with Crippen LogP contribution in [-0.2, 0) is 0 Å². The molecule has 2 N–H and O–H groups in total. The fraction of sp³-hybridized carbons (Fsp3) is 0.0588. The maximum atomic E-state index is 12.3. The normalized spacial score (nSPS) is 11.2. The third kappa shape index (κ3) is 2.40. The topological polar surface area (TPSA) is 88.2 Å². The smallest absolute Gasteiger partial charge is 0.417 e. The van der Waals surface area contributed by atoms with Crippen LogP contribution < -0.4 is 11.1 Å². The molecule has 114 valence electrons. The number of oxazole rings is 1. The molecule has 0 aliphatic heterocycles. The van der Waals surface area contributed by atoms with E-state index < -0.39 is 5.76 Å². The first kappa shape index (κ1) is 13.4. The minimum atomic E-state index is -0.531. The number of hydrogen-bond donors (Lipinski definition) is 2. The Bertz CT molecular complexity index is 1100. The maximum Gasteiger partial charge on any atom is 0.417 e. The number of fused-ring (bicyclic) bond motifs is 2. The molecule has 2 aromatic heterocycles. The zero-order valence-corrected chi connectivity index (χ0v) is 12.2. The lowest BCUT2D eigenvalue weighted by Gasteiger charge is -2.02. The summed E-state index contributed by atoms with van der Waals surface area (Å²) < 4.78 is 10.6. The molecule has 0 radical (unpaired) electrons. The van der Waals surface area contributed by atoms with Crippen LogP contribution in [0.5, 0.6) is 0 Å². The molecule has 2 aromatic carbocycles. The Morgan fingerprint density at radius 3 is 2.78 bits per heavy atom. The average molecular weight is 308 g/mol. The molecule has 2 heterocycles. The van der Waals surface area contributed by atoms with Crippen molar-refractivity contribution in [3.63, 3.8) is 0 Å². The highest BCUT2D eigenvalue weighted by molar-refractivity contribution is 6.05. The van der Waals surface area contributed by atoms with Gasteiger partial charge in [-0.05, 0) is 36.8 Å². The van der Waals surface area contributed by atoms with E-state index in [1.54, 1.807) is 24.3 Å². The Morgan fingerprint density at radius 1 is 1.04 bits per heavy atom. The quantitative estimate of drug-likeness (QED) is 0.594. The summed E-state index contributed by atoms with van der Waals surface area (Å²) in [5.74, 6) is -0.673. The van der Waals surface area contributed by atoms with Gasteiger partial charge in [0.05, 0.1) is 5.52 Å². The Morgan fingerprint density at radius 2 is 1.91 bits per heavy atom. The number of anilines is 1. The van der Waals surface area contributed by atoms with Crippen molar-refractivity contribution in [2.75, 3.05) is 5.32 Å². The van der Waals surface area contributed by atoms with Gasteiger partial charge in [0.1, 0.15) is 5.58 Å². The van der Waals surface area contributed by atoms with Gasteiger partial charge in [0.25, 0.3) is 5.91 Å². The fourth-order valence-corrected chi connectivity index (χ4v) is 2.47. The minimum Gasteiger partial charge on any atom is -0.451 e. The molecular weight excluding hydrogens is 296 g/mol. The number of nitrogens with one attached hydrogen (secondary N) is 2. The largest absolute Gasteiger partial charge is 0.451 e. The second-order valence-electron chi connectivity index (χ2n) is 5.33. The number of H-pyrrole nitrogens is 1. The van der Waals surface area contributed by atoms with Gasteiger partial charge in [-0.1, -0.05) is 12.1 Å². The second-order valence-corrected chi connectivity index (χ2v) is 5.33. The number of amides is 1. The van der Waals surface area contributed by atoms with Crippen molar-refractivity contribution in [2.24, 2.45) is 0 Å². The monoisotopic (exact) mass is 308 g/mol. The highest BCUT2D eigenvalue weighted by Crippen LogP contribution is 2.22. The molecule has 1 amide bonds. The predicted molar refractivity (Wildman–Crippen MR) is 85.7 cm³/mol. The molecule has 6 heteroatoms. The molecule has 6 nitrogen and oxygen atoms in total. The highest BCUT2D eigenvalue weighted by atomic mass is 16.4. The number of aryl methyl sites for hydroxylation is 1. The number of benzene rings is 2. The van der Waals surface area contributed by atoms with Crippen molar-refractivity contribution in [3.8, 4) is 0 Å². The van der Waals surface area contributed by atoms with E-state index in [0.29, 0.717) is 22.4 Å². The number of furan rings is 1. The summed E-state index contributed by atoms with van der Waals surface area (Å²) in [6, 6.07) is 12.4. The van der Waals surface area contributed by atoms with E-state index in [-0.39, 0.29) is 11.7 Å². The van der Waals surface area contributed by atoms with Crippen LogP contribution in [0.1, 0.15) is 16.1 Å². The molecule has 0 saturated heterocycles. The third-order valence-electron chi connectivity index (χ3n) is 3.58. The number of carbonyl (C=O) groups is 1. The van der Waals surface area contributed by atoms with Crippen molar-refractivity contribution >= 4 is 33.7 Å². The van der Waals surface area contributed by atoms with Crippen LogP contribution >= 0.6 is 0 Å². The van der Waals surface area contributed by atoms with E-state index in [0.717, 1.165) is 10.9 Å². The summed E-state index contributed by atoms with van der Waals surface area (Å²) in [6.07, 6.45) is 0. The van der Waals surface area contributed by atoms with Crippen LogP contribution in [0.2, 0.25) is 0 Å². The molecule has 0 atom stereocenters. The zero-order chi connectivity index (χ0) is 16.0. The Labute approximate surface area is 129 Å². The summed E-state index contributed by atoms with van der Waals surface area (Å²) >= 11 is 0. The standard InChI is InChI=1S/C17H12N2O4/c1-9-2-3-10-7-15(22-13(10)6-9)16(20)18-11-4-5-12-14(8-11)23-17(21)19-12/h2-8H,1H3,(H,18,20)(H,19,21). The molecule has 0 fully saturated rings. The lowest BCUT2D eigenvalue weighted by molar-refractivity contribution is 0.0998. The van der Waals surface area contributed by atoms with E-state index in [4.69, 9.17) is 8.83 Å². The molecule has 0 saturated carbocycles. The lowest BCUT2D eigenvalue weighted by Crippen LogP contribution is -2.10. The third-order valence-corrected chi connectivity index (χ3v) is 3.58. The molecule has 0 unspecified atom stereocenters. The molecule has 4 aromatic rings. The first-order chi connectivity index (χ1) is 11.1. The second kappa shape index (κ2) is 4.88. The van der Waals surface area contributed by atoms with Crippen molar-refractivity contribution in [2.45, 2.75) is 6.92 Å². The summed E-state index contributed by atoms with van der Waals surface area (Å²) in [5.41, 5.74) is 3.20. The van der Waals surface area contributed by atoms with Gasteiger partial charge in [0.2, 0.25) is 0 Å². The van der Waals surface area contributed by atoms with Crippen molar-refractivity contribution in [3.05, 3.63) is 64.3 Å². The van der Waals surface area contributed by atoms with Gasteiger partial charge in [-0.15, -0.1) is 0 Å². The number of hydrogen-bond acceptors (Lipinski definition) is 4. The Balaban J connectivity index is 1.65. The minimum absolute atomic E-state index is 0.223. The van der Waals surface area contributed by atoms with Crippen LogP contribution in [0.3, 0.4) is 0 Å². The number of carbonyl (C=O) groups excluding carboxylic acids is 1. The van der Waals surface area contributed by atoms with Crippen molar-refractivity contribution in [1.29, 1.82) is 0 Å². The van der Waals surface area contributed by atoms with Crippen LogP contribution in [0, 0.1) is 6.92 Å². The molecule has 23 heavy (non-hydrogen) atoms. The fourth-order valence-electron chi connectivity index (χ4n) is 2.47. The van der Waals surface area contributed by atoms with Gasteiger partial charge >= 0.3 is 5.76 Å². The van der Waals surface area contributed by atoms with E-state index in [1.807, 2.05) is 25.1 Å². The average Bonchev–Trinajstić information content (AvgIpc) is 3.08. The summed E-state index contributed by atoms with van der Waals surface area (Å²) in [6.45, 7) is 1.96.